The van der Waals surface area contributed by atoms with Gasteiger partial charge in [-0.2, -0.15) is 0 Å². The Morgan fingerprint density at radius 3 is 1.29 bits per heavy atom. The molecule has 0 fully saturated rings. The van der Waals surface area contributed by atoms with Crippen molar-refractivity contribution in [2.75, 3.05) is 12.8 Å². The minimum absolute atomic E-state index is 0.0480. The van der Waals surface area contributed by atoms with E-state index in [0.29, 0.717) is 0 Å². The van der Waals surface area contributed by atoms with Crippen molar-refractivity contribution in [2.24, 2.45) is 0 Å². The molecular weight excluding hydrogens is 658 g/mol. The number of nitrogens with two attached hydrogens (primary N) is 1. The van der Waals surface area contributed by atoms with E-state index >= 15 is 0 Å². The van der Waals surface area contributed by atoms with E-state index in [0.717, 1.165) is 58.5 Å². The number of phenols is 3. The Bertz CT molecular complexity index is 1770. The lowest BCUT2D eigenvalue weighted by molar-refractivity contribution is -0.132. The van der Waals surface area contributed by atoms with Gasteiger partial charge in [0.05, 0.1) is 7.11 Å². The quantitative estimate of drug-likeness (QED) is 0.0554. The molecule has 4 aromatic rings. The van der Waals surface area contributed by atoms with Crippen LogP contribution in [0.1, 0.15) is 34.7 Å². The normalized spacial score (nSPS) is 10.4. The monoisotopic (exact) mass is 697 g/mol. The Hall–Kier alpha value is -7.08. The van der Waals surface area contributed by atoms with Gasteiger partial charge in [0.15, 0.2) is 23.0 Å². The molecule has 51 heavy (non-hydrogen) atoms. The van der Waals surface area contributed by atoms with Crippen molar-refractivity contribution in [3.05, 3.63) is 137 Å². The molecule has 0 bridgehead atoms. The number of carboxylic acid groups (broad SMARTS) is 3. The summed E-state index contributed by atoms with van der Waals surface area (Å²) in [6.45, 7) is 3.51. The number of aromatic hydroxyl groups is 3. The highest BCUT2D eigenvalue weighted by atomic mass is 16.5. The van der Waals surface area contributed by atoms with Gasteiger partial charge in [0.1, 0.15) is 5.75 Å². The summed E-state index contributed by atoms with van der Waals surface area (Å²) in [6.07, 6.45) is 10.7. The lowest BCUT2D eigenvalue weighted by Gasteiger charge is -2.01. The Kier molecular flexibility index (Phi) is 18.5. The maximum absolute atomic E-state index is 10.6. The number of nitrogen functional groups attached to an aromatic ring is 1. The molecule has 12 nitrogen and oxygen atoms in total. The van der Waals surface area contributed by atoms with Crippen LogP contribution in [0.2, 0.25) is 0 Å². The molecule has 0 aromatic heterocycles. The van der Waals surface area contributed by atoms with E-state index < -0.39 is 35.2 Å². The van der Waals surface area contributed by atoms with Gasteiger partial charge in [-0.3, -0.25) is 4.79 Å². The SMILES string of the molecule is CC(=O)/C=C/c1ccc(N)cc1.COc1ccc(/C=C/C(=O)O)cc1.Cc1ccc(/C=C/C(=O)O)cc1.O=C(O)/C=C/c1cc(O)c(O)c(O)c1. The average Bonchev–Trinajstić information content (AvgIpc) is 3.09. The smallest absolute Gasteiger partial charge is 0.328 e. The maximum atomic E-state index is 10.6. The predicted molar refractivity (Wildman–Crippen MR) is 196 cm³/mol. The Morgan fingerprint density at radius 2 is 0.922 bits per heavy atom. The van der Waals surface area contributed by atoms with E-state index in [9.17, 15) is 19.2 Å². The Labute approximate surface area is 294 Å². The summed E-state index contributed by atoms with van der Waals surface area (Å²) in [5.41, 5.74) is 10.4. The van der Waals surface area contributed by atoms with Crippen molar-refractivity contribution in [1.29, 1.82) is 0 Å². The van der Waals surface area contributed by atoms with Gasteiger partial charge in [0.2, 0.25) is 0 Å². The number of hydrogen-bond donors (Lipinski definition) is 7. The molecule has 4 aromatic carbocycles. The van der Waals surface area contributed by atoms with Gasteiger partial charge >= 0.3 is 17.9 Å². The van der Waals surface area contributed by atoms with Gasteiger partial charge in [0, 0.05) is 23.9 Å². The number of carbonyl (C=O) groups is 4. The molecule has 0 radical (unpaired) electrons. The number of benzene rings is 4. The molecule has 8 N–H and O–H groups in total. The van der Waals surface area contributed by atoms with E-state index in [-0.39, 0.29) is 11.3 Å². The zero-order valence-electron chi connectivity index (χ0n) is 28.0. The fraction of sp³-hybridized carbons (Fsp3) is 0.0769. The molecule has 0 heterocycles. The number of phenolic OH excluding ortho intramolecular Hbond substituents is 3. The van der Waals surface area contributed by atoms with E-state index in [4.69, 9.17) is 41.1 Å². The number of aryl methyl sites for hydroxylation is 1. The molecule has 0 aliphatic rings. The van der Waals surface area contributed by atoms with Crippen molar-refractivity contribution >= 4 is 53.7 Å². The second kappa shape index (κ2) is 22.5. The summed E-state index contributed by atoms with van der Waals surface area (Å²) in [5.74, 6) is -3.84. The lowest BCUT2D eigenvalue weighted by atomic mass is 10.1. The molecule has 0 saturated carbocycles. The van der Waals surface area contributed by atoms with E-state index in [2.05, 4.69) is 0 Å². The van der Waals surface area contributed by atoms with Crippen molar-refractivity contribution in [2.45, 2.75) is 13.8 Å². The Morgan fingerprint density at radius 1 is 0.569 bits per heavy atom. The molecule has 266 valence electrons. The summed E-state index contributed by atoms with van der Waals surface area (Å²) in [7, 11) is 1.59. The first-order chi connectivity index (χ1) is 24.1. The van der Waals surface area contributed by atoms with Crippen LogP contribution in [0.5, 0.6) is 23.0 Å². The number of methoxy groups -OCH3 is 1. The molecule has 0 aliphatic heterocycles. The number of carbonyl (C=O) groups excluding carboxylic acids is 1. The van der Waals surface area contributed by atoms with E-state index in [1.807, 2.05) is 43.3 Å². The molecule has 0 aliphatic carbocycles. The van der Waals surface area contributed by atoms with Crippen LogP contribution >= 0.6 is 0 Å². The minimum atomic E-state index is -1.14. The van der Waals surface area contributed by atoms with E-state index in [1.165, 1.54) is 30.7 Å². The Balaban J connectivity index is 0.000000341. The van der Waals surface area contributed by atoms with Gasteiger partial charge < -0.3 is 41.1 Å². The van der Waals surface area contributed by atoms with Gasteiger partial charge in [-0.1, -0.05) is 60.2 Å². The van der Waals surface area contributed by atoms with Crippen LogP contribution in [0.3, 0.4) is 0 Å². The highest BCUT2D eigenvalue weighted by Gasteiger charge is 2.06. The second-order valence-electron chi connectivity index (χ2n) is 10.2. The topological polar surface area (TPSA) is 225 Å². The standard InChI is InChI=1S/C10H11NO.C10H10O3.C10H10O2.C9H8O5/c1-8(12)2-3-9-4-6-10(11)7-5-9;1-13-9-5-2-8(3-6-9)4-7-10(11)12;1-8-2-4-9(5-3-8)6-7-10(11)12;10-6-3-5(1-2-8(12)13)4-7(11)9(6)14/h2-7H,11H2,1H3;2-7H,1H3,(H,11,12);2-7H,1H3,(H,11,12);1-4,10-11,14H,(H,12,13)/b3-2+;7-4+;7-6+;2-1+. The molecule has 0 unspecified atom stereocenters. The van der Waals surface area contributed by atoms with Crippen molar-refractivity contribution in [1.82, 2.24) is 0 Å². The summed E-state index contributed by atoms with van der Waals surface area (Å²) in [6, 6.07) is 24.4. The predicted octanol–water partition coefficient (Wildman–Crippen LogP) is 6.66. The molecule has 12 heteroatoms. The second-order valence-corrected chi connectivity index (χ2v) is 10.2. The summed E-state index contributed by atoms with van der Waals surface area (Å²) < 4.78 is 4.95. The number of ketones is 1. The molecule has 0 atom stereocenters. The molecule has 0 amide bonds. The number of allylic oxidation sites excluding steroid dienone is 1. The van der Waals surface area contributed by atoms with Crippen LogP contribution in [0.15, 0.2) is 109 Å². The van der Waals surface area contributed by atoms with Crippen LogP contribution in [0, 0.1) is 6.92 Å². The largest absolute Gasteiger partial charge is 0.504 e. The first kappa shape index (κ1) is 41.9. The minimum Gasteiger partial charge on any atom is -0.504 e. The summed E-state index contributed by atoms with van der Waals surface area (Å²) in [5, 5.41) is 52.1. The zero-order valence-corrected chi connectivity index (χ0v) is 28.0. The zero-order chi connectivity index (χ0) is 38.3. The number of hydrogen-bond acceptors (Lipinski definition) is 9. The van der Waals surface area contributed by atoms with Crippen molar-refractivity contribution < 1.29 is 54.6 Å². The first-order valence-corrected chi connectivity index (χ1v) is 14.8. The fourth-order valence-corrected chi connectivity index (χ4v) is 3.44. The van der Waals surface area contributed by atoms with Gasteiger partial charge in [-0.15, -0.1) is 0 Å². The highest BCUT2D eigenvalue weighted by Crippen LogP contribution is 2.35. The third kappa shape index (κ3) is 19.4. The average molecular weight is 698 g/mol. The van der Waals surface area contributed by atoms with Gasteiger partial charge in [-0.25, -0.2) is 14.4 Å². The fourth-order valence-electron chi connectivity index (χ4n) is 3.44. The van der Waals surface area contributed by atoms with Crippen molar-refractivity contribution in [3.8, 4) is 23.0 Å². The number of carboxylic acids is 3. The van der Waals surface area contributed by atoms with Crippen LogP contribution in [0.25, 0.3) is 24.3 Å². The van der Waals surface area contributed by atoms with Gasteiger partial charge in [-0.05, 0) is 96.8 Å². The highest BCUT2D eigenvalue weighted by molar-refractivity contribution is 5.91. The third-order valence-electron chi connectivity index (χ3n) is 5.99. The molecule has 4 rings (SSSR count). The third-order valence-corrected chi connectivity index (χ3v) is 5.99. The number of anilines is 1. The van der Waals surface area contributed by atoms with E-state index in [1.54, 1.807) is 55.7 Å². The van der Waals surface area contributed by atoms with Crippen LogP contribution in [0.4, 0.5) is 5.69 Å². The molecule has 0 spiro atoms. The van der Waals surface area contributed by atoms with Crippen molar-refractivity contribution in [3.63, 3.8) is 0 Å². The first-order valence-electron chi connectivity index (χ1n) is 14.8. The van der Waals surface area contributed by atoms with Crippen LogP contribution in [-0.4, -0.2) is 61.4 Å². The summed E-state index contributed by atoms with van der Waals surface area (Å²) in [4.78, 5) is 41.1. The maximum Gasteiger partial charge on any atom is 0.328 e. The number of aliphatic carboxylic acids is 3. The van der Waals surface area contributed by atoms with Crippen LogP contribution < -0.4 is 10.5 Å². The molecule has 0 saturated heterocycles. The molecular formula is C39H39NO11. The van der Waals surface area contributed by atoms with Gasteiger partial charge in [0.25, 0.3) is 0 Å². The van der Waals surface area contributed by atoms with Crippen LogP contribution in [-0.2, 0) is 19.2 Å². The lowest BCUT2D eigenvalue weighted by Crippen LogP contribution is -1.86. The number of rotatable bonds is 9. The number of ether oxygens (including phenoxy) is 1. The summed E-state index contributed by atoms with van der Waals surface area (Å²) >= 11 is 0.